The highest BCUT2D eigenvalue weighted by Gasteiger charge is 2.36. The van der Waals surface area contributed by atoms with E-state index in [1.54, 1.807) is 17.0 Å². The Kier molecular flexibility index (Phi) is 4.74. The fraction of sp³-hybridized carbons (Fsp3) is 0.217. The Morgan fingerprint density at radius 3 is 2.39 bits per heavy atom. The molecule has 2 heterocycles. The van der Waals surface area contributed by atoms with Crippen molar-refractivity contribution in [3.05, 3.63) is 88.9 Å². The average molecular weight is 374 g/mol. The summed E-state index contributed by atoms with van der Waals surface area (Å²) in [6, 6.07) is 16.5. The van der Waals surface area contributed by atoms with Gasteiger partial charge < -0.3 is 14.6 Å². The van der Waals surface area contributed by atoms with Gasteiger partial charge >= 0.3 is 0 Å². The van der Waals surface area contributed by atoms with Crippen molar-refractivity contribution < 1.29 is 14.0 Å². The van der Waals surface area contributed by atoms with E-state index in [9.17, 15) is 9.59 Å². The van der Waals surface area contributed by atoms with Gasteiger partial charge in [0.2, 0.25) is 5.91 Å². The standard InChI is InChI=1S/C23H22N2O3/c1-15-10-16(2)12-19(11-15)24-22(26)20-13-17-6-3-4-7-18(17)14-25(20)23(27)21-8-5-9-28-21/h3-12,20H,13-14H2,1-2H3,(H,24,26). The minimum absolute atomic E-state index is 0.195. The molecule has 1 aromatic heterocycles. The molecule has 1 N–H and O–H groups in total. The van der Waals surface area contributed by atoms with Crippen molar-refractivity contribution in [3.8, 4) is 0 Å². The summed E-state index contributed by atoms with van der Waals surface area (Å²) < 4.78 is 5.29. The number of anilines is 1. The van der Waals surface area contributed by atoms with Gasteiger partial charge in [0.25, 0.3) is 5.91 Å². The maximum Gasteiger partial charge on any atom is 0.290 e. The summed E-state index contributed by atoms with van der Waals surface area (Å²) in [7, 11) is 0. The van der Waals surface area contributed by atoms with Crippen molar-refractivity contribution in [3.63, 3.8) is 0 Å². The number of aryl methyl sites for hydroxylation is 2. The molecule has 1 unspecified atom stereocenters. The number of furan rings is 1. The van der Waals surface area contributed by atoms with Crippen LogP contribution in [0, 0.1) is 13.8 Å². The van der Waals surface area contributed by atoms with Crippen LogP contribution in [-0.4, -0.2) is 22.8 Å². The number of rotatable bonds is 3. The van der Waals surface area contributed by atoms with Crippen LogP contribution < -0.4 is 5.32 Å². The zero-order chi connectivity index (χ0) is 19.7. The third-order valence-electron chi connectivity index (χ3n) is 5.03. The first-order chi connectivity index (χ1) is 13.5. The highest BCUT2D eigenvalue weighted by Crippen LogP contribution is 2.26. The summed E-state index contributed by atoms with van der Waals surface area (Å²) in [6.45, 7) is 4.36. The minimum Gasteiger partial charge on any atom is -0.459 e. The fourth-order valence-electron chi connectivity index (χ4n) is 3.78. The Morgan fingerprint density at radius 1 is 1.00 bits per heavy atom. The van der Waals surface area contributed by atoms with Crippen LogP contribution in [0.4, 0.5) is 5.69 Å². The van der Waals surface area contributed by atoms with E-state index in [2.05, 4.69) is 11.4 Å². The van der Waals surface area contributed by atoms with Crippen LogP contribution in [0.3, 0.4) is 0 Å². The fourth-order valence-corrected chi connectivity index (χ4v) is 3.78. The van der Waals surface area contributed by atoms with Gasteiger partial charge in [-0.3, -0.25) is 9.59 Å². The lowest BCUT2D eigenvalue weighted by Gasteiger charge is -2.35. The van der Waals surface area contributed by atoms with Crippen molar-refractivity contribution in [2.75, 3.05) is 5.32 Å². The van der Waals surface area contributed by atoms with E-state index in [4.69, 9.17) is 4.42 Å². The molecular weight excluding hydrogens is 352 g/mol. The zero-order valence-corrected chi connectivity index (χ0v) is 15.9. The Balaban J connectivity index is 1.65. The SMILES string of the molecule is Cc1cc(C)cc(NC(=O)C2Cc3ccccc3CN2C(=O)c2ccco2)c1. The molecule has 5 heteroatoms. The van der Waals surface area contributed by atoms with E-state index in [-0.39, 0.29) is 17.6 Å². The second kappa shape index (κ2) is 7.35. The Hall–Kier alpha value is -3.34. The molecule has 0 fully saturated rings. The molecule has 0 saturated carbocycles. The van der Waals surface area contributed by atoms with E-state index in [0.717, 1.165) is 27.9 Å². The van der Waals surface area contributed by atoms with Crippen molar-refractivity contribution in [2.45, 2.75) is 32.9 Å². The van der Waals surface area contributed by atoms with Crippen LogP contribution in [0.25, 0.3) is 0 Å². The molecule has 0 spiro atoms. The normalized spacial score (nSPS) is 15.8. The molecule has 2 amide bonds. The molecule has 142 valence electrons. The molecule has 0 aliphatic carbocycles. The number of carbonyl (C=O) groups excluding carboxylic acids is 2. The summed E-state index contributed by atoms with van der Waals surface area (Å²) in [4.78, 5) is 27.7. The van der Waals surface area contributed by atoms with E-state index in [1.165, 1.54) is 6.26 Å². The molecule has 28 heavy (non-hydrogen) atoms. The van der Waals surface area contributed by atoms with Crippen LogP contribution in [0.5, 0.6) is 0 Å². The number of nitrogens with zero attached hydrogens (tertiary/aromatic N) is 1. The van der Waals surface area contributed by atoms with Gasteiger partial charge in [0.05, 0.1) is 6.26 Å². The predicted molar refractivity (Wildman–Crippen MR) is 107 cm³/mol. The summed E-state index contributed by atoms with van der Waals surface area (Å²) in [5.74, 6) is -0.233. The van der Waals surface area contributed by atoms with Gasteiger partial charge in [-0.2, -0.15) is 0 Å². The van der Waals surface area contributed by atoms with Gasteiger partial charge in [-0.15, -0.1) is 0 Å². The molecule has 2 aromatic carbocycles. The summed E-state index contributed by atoms with van der Waals surface area (Å²) in [5, 5.41) is 2.99. The quantitative estimate of drug-likeness (QED) is 0.751. The Morgan fingerprint density at radius 2 is 1.71 bits per heavy atom. The molecule has 0 bridgehead atoms. The molecular formula is C23H22N2O3. The molecule has 5 nitrogen and oxygen atoms in total. The first-order valence-corrected chi connectivity index (χ1v) is 9.31. The minimum atomic E-state index is -0.603. The van der Waals surface area contributed by atoms with Gasteiger partial charge in [-0.1, -0.05) is 30.3 Å². The lowest BCUT2D eigenvalue weighted by atomic mass is 9.93. The van der Waals surface area contributed by atoms with Gasteiger partial charge in [0, 0.05) is 18.7 Å². The molecule has 1 aliphatic heterocycles. The van der Waals surface area contributed by atoms with Crippen molar-refractivity contribution >= 4 is 17.5 Å². The highest BCUT2D eigenvalue weighted by molar-refractivity contribution is 6.00. The molecule has 1 atom stereocenters. The monoisotopic (exact) mass is 374 g/mol. The number of nitrogens with one attached hydrogen (secondary N) is 1. The van der Waals surface area contributed by atoms with Crippen molar-refractivity contribution in [2.24, 2.45) is 0 Å². The van der Waals surface area contributed by atoms with E-state index in [0.29, 0.717) is 13.0 Å². The second-order valence-electron chi connectivity index (χ2n) is 7.26. The maximum atomic E-state index is 13.1. The van der Waals surface area contributed by atoms with Crippen LogP contribution in [0.1, 0.15) is 32.8 Å². The largest absolute Gasteiger partial charge is 0.459 e. The van der Waals surface area contributed by atoms with Crippen LogP contribution in [-0.2, 0) is 17.8 Å². The van der Waals surface area contributed by atoms with E-state index in [1.807, 2.05) is 50.2 Å². The summed E-state index contributed by atoms with van der Waals surface area (Å²) in [5.41, 5.74) is 5.04. The number of hydrogen-bond acceptors (Lipinski definition) is 3. The number of amides is 2. The first-order valence-electron chi connectivity index (χ1n) is 9.31. The van der Waals surface area contributed by atoms with Gasteiger partial charge in [0.1, 0.15) is 6.04 Å². The smallest absolute Gasteiger partial charge is 0.290 e. The third kappa shape index (κ3) is 3.56. The Bertz CT molecular complexity index is 1000. The summed E-state index contributed by atoms with van der Waals surface area (Å²) in [6.07, 6.45) is 1.94. The lowest BCUT2D eigenvalue weighted by Crippen LogP contribution is -2.50. The first kappa shape index (κ1) is 18.0. The molecule has 0 radical (unpaired) electrons. The molecule has 3 aromatic rings. The lowest BCUT2D eigenvalue weighted by molar-refractivity contribution is -0.121. The topological polar surface area (TPSA) is 62.6 Å². The predicted octanol–water partition coefficient (Wildman–Crippen LogP) is 4.10. The molecule has 4 rings (SSSR count). The van der Waals surface area contributed by atoms with Crippen LogP contribution >= 0.6 is 0 Å². The highest BCUT2D eigenvalue weighted by atomic mass is 16.3. The molecule has 0 saturated heterocycles. The maximum absolute atomic E-state index is 13.1. The average Bonchev–Trinajstić information content (AvgIpc) is 3.20. The number of benzene rings is 2. The Labute approximate surface area is 164 Å². The third-order valence-corrected chi connectivity index (χ3v) is 5.03. The number of carbonyl (C=O) groups is 2. The van der Waals surface area contributed by atoms with Crippen molar-refractivity contribution in [1.29, 1.82) is 0 Å². The molecule has 1 aliphatic rings. The second-order valence-corrected chi connectivity index (χ2v) is 7.26. The number of fused-ring (bicyclic) bond motifs is 1. The van der Waals surface area contributed by atoms with Gasteiger partial charge in [-0.25, -0.2) is 0 Å². The van der Waals surface area contributed by atoms with E-state index < -0.39 is 6.04 Å². The van der Waals surface area contributed by atoms with E-state index >= 15 is 0 Å². The summed E-state index contributed by atoms with van der Waals surface area (Å²) >= 11 is 0. The van der Waals surface area contributed by atoms with Gasteiger partial charge in [0.15, 0.2) is 5.76 Å². The van der Waals surface area contributed by atoms with Crippen molar-refractivity contribution in [1.82, 2.24) is 4.90 Å². The number of hydrogen-bond donors (Lipinski definition) is 1. The van der Waals surface area contributed by atoms with Gasteiger partial charge in [-0.05, 0) is 60.4 Å². The van der Waals surface area contributed by atoms with Crippen LogP contribution in [0.15, 0.2) is 65.3 Å². The van der Waals surface area contributed by atoms with Crippen LogP contribution in [0.2, 0.25) is 0 Å². The zero-order valence-electron chi connectivity index (χ0n) is 15.9.